The van der Waals surface area contributed by atoms with Crippen molar-refractivity contribution in [3.63, 3.8) is 0 Å². The number of benzene rings is 1. The Hall–Kier alpha value is -2.11. The molecule has 0 bridgehead atoms. The number of rotatable bonds is 3. The molecule has 1 aromatic carbocycles. The van der Waals surface area contributed by atoms with Gasteiger partial charge in [0.1, 0.15) is 5.82 Å². The SMILES string of the molecule is Cc1ccnc(NC(=O)c2cc(Cl)ccc2NN)c1. The zero-order valence-electron chi connectivity index (χ0n) is 10.3. The molecule has 0 fully saturated rings. The van der Waals surface area contributed by atoms with Crippen LogP contribution in [0.4, 0.5) is 11.5 Å². The van der Waals surface area contributed by atoms with E-state index >= 15 is 0 Å². The smallest absolute Gasteiger partial charge is 0.259 e. The van der Waals surface area contributed by atoms with Gasteiger partial charge in [-0.1, -0.05) is 11.6 Å². The lowest BCUT2D eigenvalue weighted by atomic mass is 10.1. The summed E-state index contributed by atoms with van der Waals surface area (Å²) in [6, 6.07) is 8.46. The number of hydrogen-bond acceptors (Lipinski definition) is 4. The van der Waals surface area contributed by atoms with E-state index < -0.39 is 0 Å². The molecule has 1 heterocycles. The number of nitrogens with zero attached hydrogens (tertiary/aromatic N) is 1. The molecule has 1 amide bonds. The monoisotopic (exact) mass is 276 g/mol. The van der Waals surface area contributed by atoms with Crippen LogP contribution in [0.1, 0.15) is 15.9 Å². The molecule has 0 saturated heterocycles. The Morgan fingerprint density at radius 2 is 2.11 bits per heavy atom. The van der Waals surface area contributed by atoms with Gasteiger partial charge in [-0.3, -0.25) is 10.6 Å². The number of aryl methyl sites for hydroxylation is 1. The molecule has 0 saturated carbocycles. The Kier molecular flexibility index (Phi) is 3.99. The second kappa shape index (κ2) is 5.69. The molecule has 2 aromatic rings. The molecule has 0 aliphatic carbocycles. The average Bonchev–Trinajstić information content (AvgIpc) is 2.38. The van der Waals surface area contributed by atoms with Crippen LogP contribution in [0.25, 0.3) is 0 Å². The molecule has 0 unspecified atom stereocenters. The number of amides is 1. The van der Waals surface area contributed by atoms with Gasteiger partial charge in [0.2, 0.25) is 0 Å². The summed E-state index contributed by atoms with van der Waals surface area (Å²) in [6.07, 6.45) is 1.63. The van der Waals surface area contributed by atoms with E-state index in [1.165, 1.54) is 0 Å². The Bertz CT molecular complexity index is 615. The van der Waals surface area contributed by atoms with Crippen molar-refractivity contribution in [1.29, 1.82) is 0 Å². The Labute approximate surface area is 115 Å². The lowest BCUT2D eigenvalue weighted by Crippen LogP contribution is -2.17. The third-order valence-electron chi connectivity index (χ3n) is 2.54. The van der Waals surface area contributed by atoms with Crippen molar-refractivity contribution in [1.82, 2.24) is 4.98 Å². The van der Waals surface area contributed by atoms with Crippen LogP contribution < -0.4 is 16.6 Å². The van der Waals surface area contributed by atoms with Gasteiger partial charge >= 0.3 is 0 Å². The molecule has 1 aromatic heterocycles. The first-order valence-corrected chi connectivity index (χ1v) is 5.98. The van der Waals surface area contributed by atoms with Gasteiger partial charge in [0, 0.05) is 11.2 Å². The predicted octanol–water partition coefficient (Wildman–Crippen LogP) is 2.58. The van der Waals surface area contributed by atoms with Crippen molar-refractivity contribution < 1.29 is 4.79 Å². The van der Waals surface area contributed by atoms with Gasteiger partial charge in [0.15, 0.2) is 0 Å². The number of hydrazine groups is 1. The quantitative estimate of drug-likeness (QED) is 0.595. The fourth-order valence-electron chi connectivity index (χ4n) is 1.62. The molecule has 4 N–H and O–H groups in total. The highest BCUT2D eigenvalue weighted by Gasteiger charge is 2.12. The number of aromatic nitrogens is 1. The van der Waals surface area contributed by atoms with E-state index in [-0.39, 0.29) is 5.91 Å². The van der Waals surface area contributed by atoms with Crippen molar-refractivity contribution in [2.45, 2.75) is 6.92 Å². The maximum absolute atomic E-state index is 12.2. The van der Waals surface area contributed by atoms with Crippen LogP contribution >= 0.6 is 11.6 Å². The van der Waals surface area contributed by atoms with Gasteiger partial charge in [0.25, 0.3) is 5.91 Å². The molecule has 5 nitrogen and oxygen atoms in total. The van der Waals surface area contributed by atoms with E-state index in [9.17, 15) is 4.79 Å². The van der Waals surface area contributed by atoms with Crippen LogP contribution in [-0.4, -0.2) is 10.9 Å². The molecule has 6 heteroatoms. The lowest BCUT2D eigenvalue weighted by Gasteiger charge is -2.10. The number of nitrogen functional groups attached to an aromatic ring is 1. The molecule has 0 aliphatic rings. The van der Waals surface area contributed by atoms with Crippen LogP contribution in [0.5, 0.6) is 0 Å². The molecular weight excluding hydrogens is 264 g/mol. The van der Waals surface area contributed by atoms with E-state index in [1.54, 1.807) is 30.5 Å². The molecule has 0 aliphatic heterocycles. The minimum absolute atomic E-state index is 0.325. The number of carbonyl (C=O) groups excluding carboxylic acids is 1. The number of carbonyl (C=O) groups is 1. The van der Waals surface area contributed by atoms with Crippen molar-refractivity contribution >= 4 is 29.0 Å². The molecular formula is C13H13ClN4O. The van der Waals surface area contributed by atoms with E-state index in [2.05, 4.69) is 15.7 Å². The third kappa shape index (κ3) is 3.21. The Morgan fingerprint density at radius 1 is 1.32 bits per heavy atom. The third-order valence-corrected chi connectivity index (χ3v) is 2.77. The molecule has 19 heavy (non-hydrogen) atoms. The first-order valence-electron chi connectivity index (χ1n) is 5.60. The fourth-order valence-corrected chi connectivity index (χ4v) is 1.79. The van der Waals surface area contributed by atoms with Crippen LogP contribution in [0.2, 0.25) is 5.02 Å². The molecule has 0 radical (unpaired) electrons. The van der Waals surface area contributed by atoms with Crippen LogP contribution in [0, 0.1) is 6.92 Å². The highest BCUT2D eigenvalue weighted by molar-refractivity contribution is 6.31. The summed E-state index contributed by atoms with van der Waals surface area (Å²) in [5, 5.41) is 3.16. The van der Waals surface area contributed by atoms with Crippen molar-refractivity contribution in [2.75, 3.05) is 10.7 Å². The van der Waals surface area contributed by atoms with Crippen molar-refractivity contribution in [3.8, 4) is 0 Å². The number of pyridine rings is 1. The number of nitrogens with one attached hydrogen (secondary N) is 2. The molecule has 2 rings (SSSR count). The number of anilines is 2. The highest BCUT2D eigenvalue weighted by Crippen LogP contribution is 2.21. The first kappa shape index (κ1) is 13.3. The standard InChI is InChI=1S/C13H13ClN4O/c1-8-4-5-16-12(6-8)17-13(19)10-7-9(14)2-3-11(10)18-15/h2-7,18H,15H2,1H3,(H,16,17,19). The van der Waals surface area contributed by atoms with E-state index in [1.807, 2.05) is 13.0 Å². The normalized spacial score (nSPS) is 10.1. The van der Waals surface area contributed by atoms with Crippen LogP contribution in [0.15, 0.2) is 36.5 Å². The largest absolute Gasteiger partial charge is 0.323 e. The highest BCUT2D eigenvalue weighted by atomic mass is 35.5. The summed E-state index contributed by atoms with van der Waals surface area (Å²) in [4.78, 5) is 16.2. The zero-order chi connectivity index (χ0) is 13.8. The second-order valence-corrected chi connectivity index (χ2v) is 4.44. The van der Waals surface area contributed by atoms with Crippen LogP contribution in [-0.2, 0) is 0 Å². The molecule has 0 atom stereocenters. The summed E-state index contributed by atoms with van der Waals surface area (Å²) in [5.74, 6) is 5.52. The van der Waals surface area contributed by atoms with E-state index in [0.29, 0.717) is 22.1 Å². The first-order chi connectivity index (χ1) is 9.10. The van der Waals surface area contributed by atoms with Gasteiger partial charge in [-0.15, -0.1) is 0 Å². The minimum Gasteiger partial charge on any atom is -0.323 e. The van der Waals surface area contributed by atoms with Crippen LogP contribution in [0.3, 0.4) is 0 Å². The van der Waals surface area contributed by atoms with Gasteiger partial charge in [-0.25, -0.2) is 4.98 Å². The van der Waals surface area contributed by atoms with E-state index in [4.69, 9.17) is 17.4 Å². The number of nitrogens with two attached hydrogens (primary N) is 1. The van der Waals surface area contributed by atoms with Gasteiger partial charge < -0.3 is 10.7 Å². The number of halogens is 1. The second-order valence-electron chi connectivity index (χ2n) is 4.01. The minimum atomic E-state index is -0.325. The van der Waals surface area contributed by atoms with Gasteiger partial charge in [-0.05, 0) is 42.8 Å². The molecule has 98 valence electrons. The zero-order valence-corrected chi connectivity index (χ0v) is 11.0. The predicted molar refractivity (Wildman–Crippen MR) is 76.2 cm³/mol. The maximum Gasteiger partial charge on any atom is 0.259 e. The number of hydrogen-bond donors (Lipinski definition) is 3. The summed E-state index contributed by atoms with van der Waals surface area (Å²) < 4.78 is 0. The summed E-state index contributed by atoms with van der Waals surface area (Å²) >= 11 is 5.88. The van der Waals surface area contributed by atoms with Gasteiger partial charge in [0.05, 0.1) is 11.3 Å². The van der Waals surface area contributed by atoms with Gasteiger partial charge in [-0.2, -0.15) is 0 Å². The maximum atomic E-state index is 12.2. The summed E-state index contributed by atoms with van der Waals surface area (Å²) in [7, 11) is 0. The topological polar surface area (TPSA) is 80.0 Å². The Balaban J connectivity index is 2.27. The lowest BCUT2D eigenvalue weighted by molar-refractivity contribution is 0.102. The molecule has 0 spiro atoms. The summed E-state index contributed by atoms with van der Waals surface area (Å²) in [5.41, 5.74) is 4.32. The van der Waals surface area contributed by atoms with Crippen molar-refractivity contribution in [2.24, 2.45) is 5.84 Å². The van der Waals surface area contributed by atoms with Crippen molar-refractivity contribution in [3.05, 3.63) is 52.7 Å². The fraction of sp³-hybridized carbons (Fsp3) is 0.0769. The van der Waals surface area contributed by atoms with E-state index in [0.717, 1.165) is 5.56 Å². The summed E-state index contributed by atoms with van der Waals surface area (Å²) in [6.45, 7) is 1.92. The Morgan fingerprint density at radius 3 is 2.79 bits per heavy atom. The average molecular weight is 277 g/mol.